The summed E-state index contributed by atoms with van der Waals surface area (Å²) < 4.78 is 10.8. The molecule has 0 aromatic carbocycles. The number of carbonyl (C=O) groups is 1. The molecule has 0 spiro atoms. The molecule has 3 heterocycles. The molecule has 2 fully saturated rings. The van der Waals surface area contributed by atoms with E-state index in [0.29, 0.717) is 23.7 Å². The van der Waals surface area contributed by atoms with Gasteiger partial charge in [-0.2, -0.15) is 4.98 Å². The first-order valence-corrected chi connectivity index (χ1v) is 9.97. The minimum atomic E-state index is -0.246. The maximum Gasteiger partial charge on any atom is 0.248 e. The molecule has 1 atom stereocenters. The van der Waals surface area contributed by atoms with E-state index in [1.807, 2.05) is 6.92 Å². The van der Waals surface area contributed by atoms with Gasteiger partial charge >= 0.3 is 0 Å². The Hall–Kier alpha value is -1.47. The lowest BCUT2D eigenvalue weighted by Gasteiger charge is -2.38. The molecule has 1 aromatic rings. The summed E-state index contributed by atoms with van der Waals surface area (Å²) in [5.41, 5.74) is 0. The molecule has 0 radical (unpaired) electrons. The van der Waals surface area contributed by atoms with Crippen LogP contribution in [0.1, 0.15) is 64.2 Å². The van der Waals surface area contributed by atoms with Crippen LogP contribution in [0.2, 0.25) is 0 Å². The molecule has 0 unspecified atom stereocenters. The second-order valence-electron chi connectivity index (χ2n) is 8.03. The zero-order valence-corrected chi connectivity index (χ0v) is 16.2. The topological polar surface area (TPSA) is 80.5 Å². The molecule has 146 valence electrons. The molecule has 0 bridgehead atoms. The summed E-state index contributed by atoms with van der Waals surface area (Å²) in [7, 11) is 0. The summed E-state index contributed by atoms with van der Waals surface area (Å²) in [6.45, 7) is 9.87. The number of rotatable bonds is 6. The highest BCUT2D eigenvalue weighted by molar-refractivity contribution is 5.79. The van der Waals surface area contributed by atoms with Crippen LogP contribution in [0, 0.1) is 11.8 Å². The monoisotopic (exact) mass is 364 g/mol. The van der Waals surface area contributed by atoms with Crippen molar-refractivity contribution in [3.05, 3.63) is 11.7 Å². The quantitative estimate of drug-likeness (QED) is 0.834. The predicted molar refractivity (Wildman–Crippen MR) is 97.5 cm³/mol. The van der Waals surface area contributed by atoms with Crippen LogP contribution in [0.4, 0.5) is 0 Å². The standard InChI is InChI=1S/C19H32N4O3/c1-13(2)12-17-21-19(26-22-17)14(3)20-18(24)15-4-8-23(9-5-15)16-6-10-25-11-7-16/h13-16H,4-12H2,1-3H3,(H,20,24)/t14-/m0/s1. The normalized spacial score (nSPS) is 21.8. The second-order valence-corrected chi connectivity index (χ2v) is 8.03. The average molecular weight is 364 g/mol. The van der Waals surface area contributed by atoms with E-state index in [-0.39, 0.29) is 17.9 Å². The number of nitrogens with zero attached hydrogens (tertiary/aromatic N) is 3. The number of piperidine rings is 1. The highest BCUT2D eigenvalue weighted by atomic mass is 16.5. The number of carbonyl (C=O) groups excluding carboxylic acids is 1. The van der Waals surface area contributed by atoms with E-state index in [2.05, 4.69) is 34.2 Å². The van der Waals surface area contributed by atoms with Crippen LogP contribution >= 0.6 is 0 Å². The maximum atomic E-state index is 12.6. The van der Waals surface area contributed by atoms with Gasteiger partial charge in [0.2, 0.25) is 11.8 Å². The van der Waals surface area contributed by atoms with Crippen LogP contribution in [-0.2, 0) is 16.0 Å². The fourth-order valence-electron chi connectivity index (χ4n) is 3.86. The van der Waals surface area contributed by atoms with Crippen LogP contribution in [0.3, 0.4) is 0 Å². The van der Waals surface area contributed by atoms with Gasteiger partial charge < -0.3 is 19.5 Å². The molecular formula is C19H32N4O3. The third-order valence-electron chi connectivity index (χ3n) is 5.41. The summed E-state index contributed by atoms with van der Waals surface area (Å²) in [5, 5.41) is 7.06. The minimum Gasteiger partial charge on any atom is -0.381 e. The number of ether oxygens (including phenoxy) is 1. The molecule has 7 heteroatoms. The zero-order valence-electron chi connectivity index (χ0n) is 16.2. The number of nitrogens with one attached hydrogen (secondary N) is 1. The molecule has 1 N–H and O–H groups in total. The Bertz CT molecular complexity index is 575. The first-order valence-electron chi connectivity index (χ1n) is 9.97. The van der Waals surface area contributed by atoms with Gasteiger partial charge in [-0.3, -0.25) is 4.79 Å². The first-order chi connectivity index (χ1) is 12.5. The van der Waals surface area contributed by atoms with Crippen molar-refractivity contribution in [1.29, 1.82) is 0 Å². The van der Waals surface area contributed by atoms with Crippen molar-refractivity contribution in [1.82, 2.24) is 20.4 Å². The van der Waals surface area contributed by atoms with Crippen molar-refractivity contribution in [2.45, 2.75) is 65.0 Å². The van der Waals surface area contributed by atoms with Crippen molar-refractivity contribution in [3.8, 4) is 0 Å². The highest BCUT2D eigenvalue weighted by Crippen LogP contribution is 2.24. The Kier molecular flexibility index (Phi) is 6.64. The van der Waals surface area contributed by atoms with Crippen molar-refractivity contribution in [2.24, 2.45) is 11.8 Å². The van der Waals surface area contributed by atoms with Gasteiger partial charge in [0.25, 0.3) is 0 Å². The van der Waals surface area contributed by atoms with Crippen molar-refractivity contribution < 1.29 is 14.1 Å². The van der Waals surface area contributed by atoms with E-state index in [1.165, 1.54) is 0 Å². The molecule has 7 nitrogen and oxygen atoms in total. The van der Waals surface area contributed by atoms with Crippen LogP contribution in [0.25, 0.3) is 0 Å². The molecular weight excluding hydrogens is 332 g/mol. The summed E-state index contributed by atoms with van der Waals surface area (Å²) in [5.74, 6) is 1.86. The van der Waals surface area contributed by atoms with E-state index in [0.717, 1.165) is 58.4 Å². The summed E-state index contributed by atoms with van der Waals surface area (Å²) in [4.78, 5) is 19.6. The third kappa shape index (κ3) is 5.04. The van der Waals surface area contributed by atoms with Gasteiger partial charge in [0.15, 0.2) is 5.82 Å². The van der Waals surface area contributed by atoms with Crippen molar-refractivity contribution in [2.75, 3.05) is 26.3 Å². The zero-order chi connectivity index (χ0) is 18.5. The lowest BCUT2D eigenvalue weighted by atomic mass is 9.93. The minimum absolute atomic E-state index is 0.0756. The number of amides is 1. The van der Waals surface area contributed by atoms with Gasteiger partial charge in [-0.15, -0.1) is 0 Å². The predicted octanol–water partition coefficient (Wildman–Crippen LogP) is 2.34. The van der Waals surface area contributed by atoms with E-state index >= 15 is 0 Å². The molecule has 2 saturated heterocycles. The molecule has 0 saturated carbocycles. The molecule has 2 aliphatic rings. The SMILES string of the molecule is CC(C)Cc1noc([C@H](C)NC(=O)C2CCN(C3CCOCC3)CC2)n1. The average Bonchev–Trinajstić information content (AvgIpc) is 3.10. The van der Waals surface area contributed by atoms with E-state index in [4.69, 9.17) is 9.26 Å². The summed E-state index contributed by atoms with van der Waals surface area (Å²) >= 11 is 0. The summed E-state index contributed by atoms with van der Waals surface area (Å²) in [6.07, 6.45) is 4.85. The van der Waals surface area contributed by atoms with Gasteiger partial charge in [0, 0.05) is 31.6 Å². The lowest BCUT2D eigenvalue weighted by Crippen LogP contribution is -2.46. The van der Waals surface area contributed by atoms with Crippen molar-refractivity contribution in [3.63, 3.8) is 0 Å². The fourth-order valence-corrected chi connectivity index (χ4v) is 3.86. The number of hydrogen-bond acceptors (Lipinski definition) is 6. The molecule has 1 aromatic heterocycles. The van der Waals surface area contributed by atoms with Gasteiger partial charge in [-0.25, -0.2) is 0 Å². The van der Waals surface area contributed by atoms with E-state index in [9.17, 15) is 4.79 Å². The molecule has 2 aliphatic heterocycles. The van der Waals surface area contributed by atoms with Gasteiger partial charge in [-0.1, -0.05) is 19.0 Å². The molecule has 1 amide bonds. The Labute approximate surface area is 155 Å². The van der Waals surface area contributed by atoms with Gasteiger partial charge in [-0.05, 0) is 51.6 Å². The summed E-state index contributed by atoms with van der Waals surface area (Å²) in [6, 6.07) is 0.383. The van der Waals surface area contributed by atoms with Gasteiger partial charge in [0.05, 0.1) is 0 Å². The van der Waals surface area contributed by atoms with E-state index in [1.54, 1.807) is 0 Å². The Morgan fingerprint density at radius 1 is 1.19 bits per heavy atom. The Morgan fingerprint density at radius 2 is 1.88 bits per heavy atom. The second kappa shape index (κ2) is 8.95. The first kappa shape index (κ1) is 19.3. The van der Waals surface area contributed by atoms with Crippen LogP contribution in [0.15, 0.2) is 4.52 Å². The molecule has 3 rings (SSSR count). The Morgan fingerprint density at radius 3 is 2.54 bits per heavy atom. The number of aromatic nitrogens is 2. The van der Waals surface area contributed by atoms with Crippen LogP contribution < -0.4 is 5.32 Å². The third-order valence-corrected chi connectivity index (χ3v) is 5.41. The fraction of sp³-hybridized carbons (Fsp3) is 0.842. The van der Waals surface area contributed by atoms with Gasteiger partial charge in [0.1, 0.15) is 6.04 Å². The Balaban J connectivity index is 1.45. The van der Waals surface area contributed by atoms with Crippen molar-refractivity contribution >= 4 is 5.91 Å². The van der Waals surface area contributed by atoms with Crippen LogP contribution in [-0.4, -0.2) is 53.3 Å². The lowest BCUT2D eigenvalue weighted by molar-refractivity contribution is -0.127. The molecule has 26 heavy (non-hydrogen) atoms. The highest BCUT2D eigenvalue weighted by Gasteiger charge is 2.30. The largest absolute Gasteiger partial charge is 0.381 e. The van der Waals surface area contributed by atoms with Crippen LogP contribution in [0.5, 0.6) is 0 Å². The van der Waals surface area contributed by atoms with E-state index < -0.39 is 0 Å². The molecule has 0 aliphatic carbocycles. The number of hydrogen-bond donors (Lipinski definition) is 1. The smallest absolute Gasteiger partial charge is 0.248 e. The number of likely N-dealkylation sites (tertiary alicyclic amines) is 1. The maximum absolute atomic E-state index is 12.6.